The summed E-state index contributed by atoms with van der Waals surface area (Å²) in [6.07, 6.45) is 5.76. The zero-order valence-corrected chi connectivity index (χ0v) is 9.46. The second kappa shape index (κ2) is 5.27. The lowest BCUT2D eigenvalue weighted by molar-refractivity contribution is -0.0392. The Hall–Kier alpha value is -1.13. The van der Waals surface area contributed by atoms with Crippen LogP contribution < -0.4 is 5.43 Å². The Balaban J connectivity index is 1.93. The quantitative estimate of drug-likeness (QED) is 0.777. The van der Waals surface area contributed by atoms with Gasteiger partial charge < -0.3 is 14.0 Å². The van der Waals surface area contributed by atoms with Crippen molar-refractivity contribution >= 4 is 0 Å². The summed E-state index contributed by atoms with van der Waals surface area (Å²) >= 11 is 0. The van der Waals surface area contributed by atoms with Crippen LogP contribution in [0.25, 0.3) is 0 Å². The smallest absolute Gasteiger partial charge is 0.181 e. The van der Waals surface area contributed by atoms with Crippen LogP contribution in [0.1, 0.15) is 26.0 Å². The van der Waals surface area contributed by atoms with Crippen LogP contribution in [0.2, 0.25) is 0 Å². The van der Waals surface area contributed by atoms with Crippen molar-refractivity contribution in [2.45, 2.75) is 32.1 Å². The van der Waals surface area contributed by atoms with Gasteiger partial charge in [0.1, 0.15) is 6.23 Å². The Labute approximate surface area is 94.8 Å². The average Bonchev–Trinajstić information content (AvgIpc) is 2.76. The predicted octanol–water partition coefficient (Wildman–Crippen LogP) is 1.56. The summed E-state index contributed by atoms with van der Waals surface area (Å²) in [7, 11) is 0. The SMILES string of the molecule is CCOC[C@@H]1CC[C@H](n2ccc(=O)cc2)O1. The number of rotatable bonds is 4. The molecule has 0 bridgehead atoms. The van der Waals surface area contributed by atoms with Gasteiger partial charge in [-0.15, -0.1) is 0 Å². The normalized spacial score (nSPS) is 24.8. The molecule has 0 N–H and O–H groups in total. The van der Waals surface area contributed by atoms with Crippen molar-refractivity contribution in [2.24, 2.45) is 0 Å². The first-order valence-electron chi connectivity index (χ1n) is 5.70. The molecule has 4 heteroatoms. The number of hydrogen-bond donors (Lipinski definition) is 0. The van der Waals surface area contributed by atoms with Crippen LogP contribution in [0.15, 0.2) is 29.3 Å². The molecule has 16 heavy (non-hydrogen) atoms. The third-order valence-corrected chi connectivity index (χ3v) is 2.75. The van der Waals surface area contributed by atoms with E-state index in [-0.39, 0.29) is 17.8 Å². The molecule has 4 nitrogen and oxygen atoms in total. The van der Waals surface area contributed by atoms with Crippen molar-refractivity contribution in [3.8, 4) is 0 Å². The van der Waals surface area contributed by atoms with E-state index in [1.165, 1.54) is 0 Å². The van der Waals surface area contributed by atoms with Crippen LogP contribution in [0, 0.1) is 0 Å². The molecule has 1 aliphatic heterocycles. The topological polar surface area (TPSA) is 40.5 Å². The summed E-state index contributed by atoms with van der Waals surface area (Å²) in [5, 5.41) is 0. The van der Waals surface area contributed by atoms with E-state index in [1.807, 2.05) is 11.5 Å². The lowest BCUT2D eigenvalue weighted by Crippen LogP contribution is -2.17. The van der Waals surface area contributed by atoms with Gasteiger partial charge in [-0.05, 0) is 19.8 Å². The maximum atomic E-state index is 11.0. The van der Waals surface area contributed by atoms with Gasteiger partial charge in [-0.25, -0.2) is 0 Å². The van der Waals surface area contributed by atoms with E-state index in [1.54, 1.807) is 24.5 Å². The van der Waals surface area contributed by atoms with Crippen LogP contribution in [0.4, 0.5) is 0 Å². The van der Waals surface area contributed by atoms with Crippen molar-refractivity contribution in [3.63, 3.8) is 0 Å². The first-order valence-corrected chi connectivity index (χ1v) is 5.70. The van der Waals surface area contributed by atoms with E-state index < -0.39 is 0 Å². The fraction of sp³-hybridized carbons (Fsp3) is 0.583. The van der Waals surface area contributed by atoms with Crippen LogP contribution in [0.3, 0.4) is 0 Å². The van der Waals surface area contributed by atoms with E-state index in [9.17, 15) is 4.79 Å². The molecule has 2 heterocycles. The average molecular weight is 223 g/mol. The van der Waals surface area contributed by atoms with Crippen molar-refractivity contribution in [2.75, 3.05) is 13.2 Å². The van der Waals surface area contributed by atoms with Gasteiger partial charge in [0.2, 0.25) is 0 Å². The predicted molar refractivity (Wildman–Crippen MR) is 60.3 cm³/mol. The van der Waals surface area contributed by atoms with Gasteiger partial charge in [0.15, 0.2) is 5.43 Å². The van der Waals surface area contributed by atoms with Gasteiger partial charge in [0.05, 0.1) is 12.7 Å². The van der Waals surface area contributed by atoms with Crippen molar-refractivity contribution in [3.05, 3.63) is 34.7 Å². The fourth-order valence-electron chi connectivity index (χ4n) is 1.89. The van der Waals surface area contributed by atoms with Gasteiger partial charge in [-0.3, -0.25) is 4.79 Å². The zero-order valence-electron chi connectivity index (χ0n) is 9.46. The summed E-state index contributed by atoms with van der Waals surface area (Å²) in [6, 6.07) is 3.11. The minimum atomic E-state index is 0.0279. The number of aromatic nitrogens is 1. The minimum absolute atomic E-state index is 0.0279. The summed E-state index contributed by atoms with van der Waals surface area (Å²) < 4.78 is 13.1. The molecule has 0 unspecified atom stereocenters. The Bertz CT molecular complexity index is 368. The largest absolute Gasteiger partial charge is 0.379 e. The maximum Gasteiger partial charge on any atom is 0.181 e. The summed E-state index contributed by atoms with van der Waals surface area (Å²) in [6.45, 7) is 3.36. The van der Waals surface area contributed by atoms with Crippen molar-refractivity contribution < 1.29 is 9.47 Å². The summed E-state index contributed by atoms with van der Waals surface area (Å²) in [4.78, 5) is 11.0. The van der Waals surface area contributed by atoms with Gasteiger partial charge in [0, 0.05) is 31.1 Å². The number of nitrogens with zero attached hydrogens (tertiary/aromatic N) is 1. The molecule has 2 atom stereocenters. The minimum Gasteiger partial charge on any atom is -0.379 e. The van der Waals surface area contributed by atoms with Crippen LogP contribution >= 0.6 is 0 Å². The second-order valence-electron chi connectivity index (χ2n) is 3.93. The van der Waals surface area contributed by atoms with E-state index in [4.69, 9.17) is 9.47 Å². The third kappa shape index (κ3) is 2.71. The molecule has 0 aromatic carbocycles. The fourth-order valence-corrected chi connectivity index (χ4v) is 1.89. The maximum absolute atomic E-state index is 11.0. The Morgan fingerprint density at radius 3 is 2.88 bits per heavy atom. The van der Waals surface area contributed by atoms with Crippen LogP contribution in [-0.2, 0) is 9.47 Å². The van der Waals surface area contributed by atoms with Gasteiger partial charge in [-0.2, -0.15) is 0 Å². The molecule has 1 aliphatic rings. The molecule has 1 fully saturated rings. The molecule has 2 rings (SSSR count). The summed E-state index contributed by atoms with van der Waals surface area (Å²) in [5.41, 5.74) is 0.0279. The molecule has 0 radical (unpaired) electrons. The second-order valence-corrected chi connectivity index (χ2v) is 3.93. The van der Waals surface area contributed by atoms with Crippen LogP contribution in [0.5, 0.6) is 0 Å². The highest BCUT2D eigenvalue weighted by Gasteiger charge is 2.25. The Morgan fingerprint density at radius 2 is 2.19 bits per heavy atom. The van der Waals surface area contributed by atoms with Crippen molar-refractivity contribution in [1.29, 1.82) is 0 Å². The highest BCUT2D eigenvalue weighted by molar-refractivity contribution is 4.95. The first-order chi connectivity index (χ1) is 7.79. The first kappa shape index (κ1) is 11.4. The monoisotopic (exact) mass is 223 g/mol. The molecule has 0 spiro atoms. The van der Waals surface area contributed by atoms with Gasteiger partial charge in [-0.1, -0.05) is 0 Å². The highest BCUT2D eigenvalue weighted by Crippen LogP contribution is 2.27. The molecular weight excluding hydrogens is 206 g/mol. The van der Waals surface area contributed by atoms with Crippen molar-refractivity contribution in [1.82, 2.24) is 4.57 Å². The van der Waals surface area contributed by atoms with Gasteiger partial charge in [0.25, 0.3) is 0 Å². The number of pyridine rings is 1. The Morgan fingerprint density at radius 1 is 1.44 bits per heavy atom. The Kier molecular flexibility index (Phi) is 3.74. The van der Waals surface area contributed by atoms with E-state index >= 15 is 0 Å². The molecule has 88 valence electrons. The highest BCUT2D eigenvalue weighted by atomic mass is 16.5. The summed E-state index contributed by atoms with van der Waals surface area (Å²) in [5.74, 6) is 0. The lowest BCUT2D eigenvalue weighted by Gasteiger charge is -2.16. The zero-order chi connectivity index (χ0) is 11.4. The molecule has 1 saturated heterocycles. The molecule has 0 amide bonds. The molecule has 0 saturated carbocycles. The van der Waals surface area contributed by atoms with Gasteiger partial charge >= 0.3 is 0 Å². The third-order valence-electron chi connectivity index (χ3n) is 2.75. The number of hydrogen-bond acceptors (Lipinski definition) is 3. The molecular formula is C12H17NO3. The van der Waals surface area contributed by atoms with E-state index in [2.05, 4.69) is 0 Å². The molecule has 1 aromatic rings. The number of ether oxygens (including phenoxy) is 2. The van der Waals surface area contributed by atoms with Crippen LogP contribution in [-0.4, -0.2) is 23.9 Å². The lowest BCUT2D eigenvalue weighted by atomic mass is 10.2. The standard InChI is InChI=1S/C12H17NO3/c1-2-15-9-11-3-4-12(16-11)13-7-5-10(14)6-8-13/h5-8,11-12H,2-4,9H2,1H3/t11-,12+/m0/s1. The van der Waals surface area contributed by atoms with E-state index in [0.29, 0.717) is 6.61 Å². The molecule has 0 aliphatic carbocycles. The van der Waals surface area contributed by atoms with E-state index in [0.717, 1.165) is 19.4 Å². The molecule has 1 aromatic heterocycles.